The van der Waals surface area contributed by atoms with Gasteiger partial charge in [-0.2, -0.15) is 13.2 Å². The summed E-state index contributed by atoms with van der Waals surface area (Å²) in [7, 11) is 0. The average molecular weight is 283 g/mol. The molecular formula is C11H20F3N3O2. The van der Waals surface area contributed by atoms with Crippen LogP contribution >= 0.6 is 0 Å². The number of piperazine rings is 1. The number of nitrogens with one attached hydrogen (secondary N) is 2. The zero-order valence-electron chi connectivity index (χ0n) is 11.0. The molecule has 1 unspecified atom stereocenters. The number of carbonyl (C=O) groups is 1. The van der Waals surface area contributed by atoms with Crippen molar-refractivity contribution in [3.8, 4) is 0 Å². The van der Waals surface area contributed by atoms with E-state index in [0.29, 0.717) is 13.1 Å². The van der Waals surface area contributed by atoms with Crippen LogP contribution in [0.2, 0.25) is 0 Å². The van der Waals surface area contributed by atoms with Crippen LogP contribution in [0.5, 0.6) is 0 Å². The molecule has 1 fully saturated rings. The topological polar surface area (TPSA) is 64.6 Å². The zero-order chi connectivity index (χ0) is 14.7. The molecule has 1 heterocycles. The molecule has 8 heteroatoms. The Hall–Kier alpha value is -0.860. The van der Waals surface area contributed by atoms with E-state index >= 15 is 0 Å². The number of nitrogens with zero attached hydrogens (tertiary/aromatic N) is 1. The second-order valence-electron chi connectivity index (χ2n) is 5.06. The van der Waals surface area contributed by atoms with Crippen LogP contribution in [0.1, 0.15) is 13.8 Å². The molecule has 0 spiro atoms. The summed E-state index contributed by atoms with van der Waals surface area (Å²) < 4.78 is 36.4. The third-order valence-corrected chi connectivity index (χ3v) is 3.30. The lowest BCUT2D eigenvalue weighted by molar-refractivity contribution is -0.202. The maximum Gasteiger partial charge on any atom is 0.416 e. The van der Waals surface area contributed by atoms with Crippen LogP contribution in [0.4, 0.5) is 13.2 Å². The minimum Gasteiger partial charge on any atom is -0.382 e. The van der Waals surface area contributed by atoms with Gasteiger partial charge < -0.3 is 15.7 Å². The fraction of sp³-hybridized carbons (Fsp3) is 0.909. The number of hydrogen-bond acceptors (Lipinski definition) is 4. The van der Waals surface area contributed by atoms with E-state index in [1.54, 1.807) is 13.8 Å². The van der Waals surface area contributed by atoms with Gasteiger partial charge in [-0.3, -0.25) is 9.69 Å². The highest BCUT2D eigenvalue weighted by molar-refractivity contribution is 5.85. The minimum atomic E-state index is -4.72. The summed E-state index contributed by atoms with van der Waals surface area (Å²) in [5, 5.41) is 14.1. The number of aliphatic hydroxyl groups is 1. The van der Waals surface area contributed by atoms with E-state index in [4.69, 9.17) is 5.11 Å². The summed E-state index contributed by atoms with van der Waals surface area (Å²) in [5.74, 6) is -0.516. The lowest BCUT2D eigenvalue weighted by Gasteiger charge is -2.39. The maximum atomic E-state index is 12.1. The summed E-state index contributed by atoms with van der Waals surface area (Å²) in [6.07, 6.45) is -7.25. The first kappa shape index (κ1) is 16.2. The predicted octanol–water partition coefficient (Wildman–Crippen LogP) is -0.290. The van der Waals surface area contributed by atoms with E-state index in [-0.39, 0.29) is 0 Å². The van der Waals surface area contributed by atoms with Crippen molar-refractivity contribution in [2.24, 2.45) is 0 Å². The van der Waals surface area contributed by atoms with Crippen LogP contribution < -0.4 is 10.6 Å². The fourth-order valence-corrected chi connectivity index (χ4v) is 1.89. The summed E-state index contributed by atoms with van der Waals surface area (Å²) >= 11 is 0. The van der Waals surface area contributed by atoms with Gasteiger partial charge >= 0.3 is 6.18 Å². The molecule has 1 aliphatic rings. The van der Waals surface area contributed by atoms with Crippen LogP contribution in [0, 0.1) is 0 Å². The summed E-state index contributed by atoms with van der Waals surface area (Å²) in [4.78, 5) is 13.8. The number of rotatable bonds is 4. The molecule has 0 aromatic heterocycles. The number of aliphatic hydroxyl groups excluding tert-OH is 1. The van der Waals surface area contributed by atoms with Crippen molar-refractivity contribution in [1.29, 1.82) is 0 Å². The first-order valence-corrected chi connectivity index (χ1v) is 6.14. The third-order valence-electron chi connectivity index (χ3n) is 3.30. The first-order chi connectivity index (χ1) is 8.65. The van der Waals surface area contributed by atoms with Gasteiger partial charge in [0.25, 0.3) is 0 Å². The van der Waals surface area contributed by atoms with Crippen molar-refractivity contribution in [2.75, 3.05) is 32.7 Å². The molecule has 19 heavy (non-hydrogen) atoms. The van der Waals surface area contributed by atoms with Crippen molar-refractivity contribution < 1.29 is 23.1 Å². The Bertz CT molecular complexity index is 315. The van der Waals surface area contributed by atoms with Gasteiger partial charge in [0.1, 0.15) is 0 Å². The molecule has 0 aromatic carbocycles. The molecule has 1 aliphatic heterocycles. The molecule has 1 atom stereocenters. The lowest BCUT2D eigenvalue weighted by Crippen LogP contribution is -2.60. The van der Waals surface area contributed by atoms with Crippen LogP contribution in [-0.4, -0.2) is 66.5 Å². The number of amides is 1. The van der Waals surface area contributed by atoms with Gasteiger partial charge in [-0.1, -0.05) is 0 Å². The number of hydrogen-bond donors (Lipinski definition) is 3. The van der Waals surface area contributed by atoms with E-state index in [1.165, 1.54) is 0 Å². The average Bonchev–Trinajstić information content (AvgIpc) is 2.35. The monoisotopic (exact) mass is 283 g/mol. The molecule has 1 amide bonds. The molecule has 0 aliphatic carbocycles. The fourth-order valence-electron chi connectivity index (χ4n) is 1.89. The summed E-state index contributed by atoms with van der Waals surface area (Å²) in [5.41, 5.74) is -0.895. The van der Waals surface area contributed by atoms with Gasteiger partial charge in [-0.25, -0.2) is 0 Å². The Morgan fingerprint density at radius 2 is 1.89 bits per heavy atom. The molecule has 112 valence electrons. The maximum absolute atomic E-state index is 12.1. The predicted molar refractivity (Wildman–Crippen MR) is 63.6 cm³/mol. The first-order valence-electron chi connectivity index (χ1n) is 6.14. The highest BCUT2D eigenvalue weighted by Gasteiger charge is 2.40. The van der Waals surface area contributed by atoms with Crippen LogP contribution in [0.15, 0.2) is 0 Å². The van der Waals surface area contributed by atoms with E-state index in [2.05, 4.69) is 10.6 Å². The molecule has 5 nitrogen and oxygen atoms in total. The number of halogens is 3. The molecule has 1 rings (SSSR count). The highest BCUT2D eigenvalue weighted by atomic mass is 19.4. The molecule has 3 N–H and O–H groups in total. The molecule has 0 radical (unpaired) electrons. The van der Waals surface area contributed by atoms with E-state index in [0.717, 1.165) is 13.1 Å². The van der Waals surface area contributed by atoms with E-state index < -0.39 is 30.3 Å². The van der Waals surface area contributed by atoms with Crippen molar-refractivity contribution in [3.63, 3.8) is 0 Å². The van der Waals surface area contributed by atoms with Gasteiger partial charge in [0.15, 0.2) is 6.10 Å². The molecule has 0 bridgehead atoms. The van der Waals surface area contributed by atoms with Crippen LogP contribution in [-0.2, 0) is 4.79 Å². The standard InChI is InChI=1S/C11H20F3N3O2/c1-10(2,17-5-3-15-4-6-17)9(19)16-7-8(18)11(12,13)14/h8,15,18H,3-7H2,1-2H3,(H,16,19). The van der Waals surface area contributed by atoms with Gasteiger partial charge in [-0.05, 0) is 13.8 Å². The van der Waals surface area contributed by atoms with E-state index in [9.17, 15) is 18.0 Å². The lowest BCUT2D eigenvalue weighted by atomic mass is 10.0. The number of carbonyl (C=O) groups excluding carboxylic acids is 1. The van der Waals surface area contributed by atoms with Gasteiger partial charge in [0, 0.05) is 26.2 Å². The van der Waals surface area contributed by atoms with Crippen molar-refractivity contribution in [2.45, 2.75) is 31.7 Å². The molecule has 1 saturated heterocycles. The Labute approximate surface area is 110 Å². The molecule has 0 saturated carbocycles. The Balaban J connectivity index is 2.51. The minimum absolute atomic E-state index is 0.516. The largest absolute Gasteiger partial charge is 0.416 e. The normalized spacial score (nSPS) is 20.1. The second-order valence-corrected chi connectivity index (χ2v) is 5.06. The summed E-state index contributed by atoms with van der Waals surface area (Å²) in [6, 6.07) is 0. The van der Waals surface area contributed by atoms with Crippen molar-refractivity contribution in [3.05, 3.63) is 0 Å². The smallest absolute Gasteiger partial charge is 0.382 e. The molecule has 0 aromatic rings. The van der Waals surface area contributed by atoms with Gasteiger partial charge in [0.05, 0.1) is 12.1 Å². The zero-order valence-corrected chi connectivity index (χ0v) is 11.0. The Morgan fingerprint density at radius 1 is 1.37 bits per heavy atom. The Morgan fingerprint density at radius 3 is 2.37 bits per heavy atom. The van der Waals surface area contributed by atoms with Gasteiger partial charge in [0.2, 0.25) is 5.91 Å². The van der Waals surface area contributed by atoms with Crippen molar-refractivity contribution >= 4 is 5.91 Å². The summed E-state index contributed by atoms with van der Waals surface area (Å²) in [6.45, 7) is 5.29. The van der Waals surface area contributed by atoms with E-state index in [1.807, 2.05) is 4.90 Å². The van der Waals surface area contributed by atoms with Crippen molar-refractivity contribution in [1.82, 2.24) is 15.5 Å². The quantitative estimate of drug-likeness (QED) is 0.663. The SMILES string of the molecule is CC(C)(C(=O)NCC(O)C(F)(F)F)N1CCNCC1. The second kappa shape index (κ2) is 6.06. The Kier molecular flexibility index (Phi) is 5.17. The highest BCUT2D eigenvalue weighted by Crippen LogP contribution is 2.20. The number of alkyl halides is 3. The molecular weight excluding hydrogens is 263 g/mol. The third kappa shape index (κ3) is 4.32. The van der Waals surface area contributed by atoms with Crippen LogP contribution in [0.3, 0.4) is 0 Å². The van der Waals surface area contributed by atoms with Gasteiger partial charge in [-0.15, -0.1) is 0 Å². The van der Waals surface area contributed by atoms with Crippen LogP contribution in [0.25, 0.3) is 0 Å².